The summed E-state index contributed by atoms with van der Waals surface area (Å²) in [6.07, 6.45) is 3.55. The van der Waals surface area contributed by atoms with Gasteiger partial charge in [0.25, 0.3) is 0 Å². The van der Waals surface area contributed by atoms with E-state index in [1.54, 1.807) is 18.3 Å². The third kappa shape index (κ3) is 4.09. The summed E-state index contributed by atoms with van der Waals surface area (Å²) >= 11 is 0. The number of hydrogen-bond donors (Lipinski definition) is 1. The van der Waals surface area contributed by atoms with E-state index in [9.17, 15) is 8.42 Å². The summed E-state index contributed by atoms with van der Waals surface area (Å²) in [7, 11) is -3.02. The highest BCUT2D eigenvalue weighted by atomic mass is 32.2. The molecule has 1 aliphatic rings. The average molecular weight is 254 g/mol. The molecule has 0 aromatic carbocycles. The summed E-state index contributed by atoms with van der Waals surface area (Å²) in [5.74, 6) is 0.674. The molecule has 0 bridgehead atoms. The van der Waals surface area contributed by atoms with E-state index in [0.717, 1.165) is 25.9 Å². The van der Waals surface area contributed by atoms with Gasteiger partial charge in [0.15, 0.2) is 9.84 Å². The standard InChI is InChI=1S/C12H18N2O2S/c15-17(16,9-11-4-7-13-8-5-11)10-12-3-1-2-6-14-12/h1-3,6,11,13H,4-5,7-10H2. The molecule has 0 unspecified atom stereocenters. The molecule has 0 saturated carbocycles. The van der Waals surface area contributed by atoms with E-state index in [0.29, 0.717) is 17.4 Å². The van der Waals surface area contributed by atoms with Crippen LogP contribution in [0.2, 0.25) is 0 Å². The van der Waals surface area contributed by atoms with Crippen molar-refractivity contribution >= 4 is 9.84 Å². The molecule has 0 atom stereocenters. The van der Waals surface area contributed by atoms with Gasteiger partial charge < -0.3 is 5.32 Å². The summed E-state index contributed by atoms with van der Waals surface area (Å²) in [6, 6.07) is 5.38. The molecule has 0 radical (unpaired) electrons. The molecule has 2 heterocycles. The van der Waals surface area contributed by atoms with Crippen molar-refractivity contribution in [2.45, 2.75) is 18.6 Å². The topological polar surface area (TPSA) is 59.1 Å². The van der Waals surface area contributed by atoms with Gasteiger partial charge in [-0.15, -0.1) is 0 Å². The number of rotatable bonds is 4. The lowest BCUT2D eigenvalue weighted by Crippen LogP contribution is -2.31. The van der Waals surface area contributed by atoms with Crippen molar-refractivity contribution in [3.05, 3.63) is 30.1 Å². The average Bonchev–Trinajstić information content (AvgIpc) is 2.30. The second-order valence-electron chi connectivity index (χ2n) is 4.57. The van der Waals surface area contributed by atoms with E-state index in [2.05, 4.69) is 10.3 Å². The summed E-state index contributed by atoms with van der Waals surface area (Å²) in [5, 5.41) is 3.24. The molecule has 17 heavy (non-hydrogen) atoms. The zero-order chi connectivity index (χ0) is 12.1. The molecular weight excluding hydrogens is 236 g/mol. The van der Waals surface area contributed by atoms with Crippen LogP contribution in [-0.4, -0.2) is 32.2 Å². The van der Waals surface area contributed by atoms with Gasteiger partial charge in [-0.05, 0) is 44.0 Å². The Kier molecular flexibility index (Phi) is 4.12. The van der Waals surface area contributed by atoms with Crippen molar-refractivity contribution in [3.63, 3.8) is 0 Å². The van der Waals surface area contributed by atoms with Crippen molar-refractivity contribution in [3.8, 4) is 0 Å². The van der Waals surface area contributed by atoms with Gasteiger partial charge in [0, 0.05) is 6.20 Å². The van der Waals surface area contributed by atoms with E-state index in [-0.39, 0.29) is 5.75 Å². The first-order valence-electron chi connectivity index (χ1n) is 5.97. The molecule has 5 heteroatoms. The molecule has 1 fully saturated rings. The highest BCUT2D eigenvalue weighted by Gasteiger charge is 2.21. The van der Waals surface area contributed by atoms with Crippen LogP contribution in [0.4, 0.5) is 0 Å². The molecule has 1 aliphatic heterocycles. The number of piperidine rings is 1. The third-order valence-corrected chi connectivity index (χ3v) is 4.76. The number of nitrogens with one attached hydrogen (secondary N) is 1. The Bertz CT molecular complexity index is 439. The van der Waals surface area contributed by atoms with Gasteiger partial charge in [-0.25, -0.2) is 8.42 Å². The van der Waals surface area contributed by atoms with Crippen molar-refractivity contribution in [2.24, 2.45) is 5.92 Å². The predicted octanol–water partition coefficient (Wildman–Crippen LogP) is 0.996. The third-order valence-electron chi connectivity index (χ3n) is 3.04. The Morgan fingerprint density at radius 1 is 1.29 bits per heavy atom. The maximum absolute atomic E-state index is 12.0. The second kappa shape index (κ2) is 5.60. The minimum Gasteiger partial charge on any atom is -0.317 e. The highest BCUT2D eigenvalue weighted by molar-refractivity contribution is 7.90. The smallest absolute Gasteiger partial charge is 0.156 e. The molecule has 1 N–H and O–H groups in total. The van der Waals surface area contributed by atoms with E-state index < -0.39 is 9.84 Å². The van der Waals surface area contributed by atoms with Crippen LogP contribution in [-0.2, 0) is 15.6 Å². The zero-order valence-corrected chi connectivity index (χ0v) is 10.6. The quantitative estimate of drug-likeness (QED) is 0.870. The molecule has 1 saturated heterocycles. The van der Waals surface area contributed by atoms with Crippen LogP contribution in [0.15, 0.2) is 24.4 Å². The Morgan fingerprint density at radius 3 is 2.71 bits per heavy atom. The van der Waals surface area contributed by atoms with E-state index in [1.165, 1.54) is 0 Å². The van der Waals surface area contributed by atoms with Gasteiger partial charge in [0.05, 0.1) is 17.2 Å². The molecular formula is C12H18N2O2S. The van der Waals surface area contributed by atoms with Crippen LogP contribution in [0.5, 0.6) is 0 Å². The molecule has 0 amide bonds. The van der Waals surface area contributed by atoms with Crippen LogP contribution in [0, 0.1) is 5.92 Å². The van der Waals surface area contributed by atoms with Gasteiger partial charge in [0.1, 0.15) is 0 Å². The second-order valence-corrected chi connectivity index (χ2v) is 6.68. The van der Waals surface area contributed by atoms with E-state index in [1.807, 2.05) is 6.07 Å². The highest BCUT2D eigenvalue weighted by Crippen LogP contribution is 2.16. The summed E-state index contributed by atoms with van der Waals surface area (Å²) < 4.78 is 24.0. The number of nitrogens with zero attached hydrogens (tertiary/aromatic N) is 1. The fourth-order valence-corrected chi connectivity index (χ4v) is 3.97. The van der Waals surface area contributed by atoms with Gasteiger partial charge in [-0.2, -0.15) is 0 Å². The number of hydrogen-bond acceptors (Lipinski definition) is 4. The number of aromatic nitrogens is 1. The largest absolute Gasteiger partial charge is 0.317 e. The van der Waals surface area contributed by atoms with E-state index in [4.69, 9.17) is 0 Å². The number of pyridine rings is 1. The molecule has 0 spiro atoms. The molecule has 94 valence electrons. The minimum absolute atomic E-state index is 0.0672. The van der Waals surface area contributed by atoms with Crippen molar-refractivity contribution in [1.82, 2.24) is 10.3 Å². The normalized spacial score (nSPS) is 18.1. The maximum Gasteiger partial charge on any atom is 0.156 e. The van der Waals surface area contributed by atoms with Crippen LogP contribution < -0.4 is 5.32 Å². The van der Waals surface area contributed by atoms with Gasteiger partial charge in [-0.3, -0.25) is 4.98 Å². The Hall–Kier alpha value is -0.940. The molecule has 0 aliphatic carbocycles. The van der Waals surface area contributed by atoms with E-state index >= 15 is 0 Å². The molecule has 1 aromatic heterocycles. The zero-order valence-electron chi connectivity index (χ0n) is 9.80. The van der Waals surface area contributed by atoms with Crippen LogP contribution in [0.1, 0.15) is 18.5 Å². The fraction of sp³-hybridized carbons (Fsp3) is 0.583. The summed E-state index contributed by atoms with van der Waals surface area (Å²) in [5.41, 5.74) is 0.640. The molecule has 2 rings (SSSR count). The molecule has 1 aromatic rings. The first kappa shape index (κ1) is 12.5. The molecule has 4 nitrogen and oxygen atoms in total. The summed E-state index contributed by atoms with van der Waals surface area (Å²) in [6.45, 7) is 1.87. The lowest BCUT2D eigenvalue weighted by molar-refractivity contribution is 0.401. The van der Waals surface area contributed by atoms with Gasteiger partial charge in [-0.1, -0.05) is 6.07 Å². The minimum atomic E-state index is -3.02. The first-order chi connectivity index (χ1) is 8.16. The van der Waals surface area contributed by atoms with Crippen LogP contribution in [0.3, 0.4) is 0 Å². The van der Waals surface area contributed by atoms with Crippen molar-refractivity contribution < 1.29 is 8.42 Å². The Labute approximate surface area is 102 Å². The number of sulfone groups is 1. The Morgan fingerprint density at radius 2 is 2.06 bits per heavy atom. The van der Waals surface area contributed by atoms with Gasteiger partial charge >= 0.3 is 0 Å². The van der Waals surface area contributed by atoms with Crippen LogP contribution >= 0.6 is 0 Å². The summed E-state index contributed by atoms with van der Waals surface area (Å²) in [4.78, 5) is 4.07. The van der Waals surface area contributed by atoms with Crippen molar-refractivity contribution in [1.29, 1.82) is 0 Å². The lowest BCUT2D eigenvalue weighted by Gasteiger charge is -2.22. The SMILES string of the molecule is O=S(=O)(Cc1ccccn1)CC1CCNCC1. The monoisotopic (exact) mass is 254 g/mol. The van der Waals surface area contributed by atoms with Crippen LogP contribution in [0.25, 0.3) is 0 Å². The fourth-order valence-electron chi connectivity index (χ4n) is 2.18. The Balaban J connectivity index is 1.94. The lowest BCUT2D eigenvalue weighted by atomic mass is 10.0. The van der Waals surface area contributed by atoms with Gasteiger partial charge in [0.2, 0.25) is 0 Å². The predicted molar refractivity (Wildman–Crippen MR) is 67.3 cm³/mol. The van der Waals surface area contributed by atoms with Crippen molar-refractivity contribution in [2.75, 3.05) is 18.8 Å². The first-order valence-corrected chi connectivity index (χ1v) is 7.79. The maximum atomic E-state index is 12.0.